The van der Waals surface area contributed by atoms with Gasteiger partial charge in [-0.3, -0.25) is 19.2 Å². The van der Waals surface area contributed by atoms with Crippen molar-refractivity contribution in [3.8, 4) is 22.5 Å². The van der Waals surface area contributed by atoms with Crippen molar-refractivity contribution in [2.45, 2.75) is 137 Å². The minimum absolute atomic E-state index is 0.00746. The molecule has 4 rings (SSSR count). The van der Waals surface area contributed by atoms with Crippen molar-refractivity contribution >= 4 is 29.4 Å². The van der Waals surface area contributed by atoms with Crippen LogP contribution in [0, 0.1) is 11.3 Å². The normalized spacial score (nSPS) is 14.4. The van der Waals surface area contributed by atoms with E-state index in [-0.39, 0.29) is 56.9 Å². The van der Waals surface area contributed by atoms with Gasteiger partial charge < -0.3 is 35.5 Å². The van der Waals surface area contributed by atoms with E-state index >= 15 is 0 Å². The molecule has 2 unspecified atom stereocenters. The van der Waals surface area contributed by atoms with Gasteiger partial charge in [0.25, 0.3) is 0 Å². The molecule has 4 N–H and O–H groups in total. The molecule has 1 aliphatic rings. The Hall–Kier alpha value is -4.66. The topological polar surface area (TPSA) is 180 Å². The maximum atomic E-state index is 14.0. The Morgan fingerprint density at radius 3 is 2.28 bits per heavy atom. The van der Waals surface area contributed by atoms with Crippen molar-refractivity contribution in [3.63, 3.8) is 0 Å². The maximum absolute atomic E-state index is 14.0. The number of nitrogens with zero attached hydrogens (tertiary/aromatic N) is 4. The number of hydrogen-bond acceptors (Lipinski definition) is 10. The third-order valence-electron chi connectivity index (χ3n) is 11.5. The number of rotatable bonds is 22. The van der Waals surface area contributed by atoms with Gasteiger partial charge in [0.2, 0.25) is 17.7 Å². The number of methoxy groups -OCH3 is 1. The zero-order valence-electron chi connectivity index (χ0n) is 37.6. The molecular weight excluding hydrogens is 763 g/mol. The molecule has 0 aliphatic carbocycles. The minimum Gasteiger partial charge on any atom is -0.462 e. The first kappa shape index (κ1) is 48.0. The Labute approximate surface area is 356 Å². The van der Waals surface area contributed by atoms with E-state index < -0.39 is 28.1 Å². The van der Waals surface area contributed by atoms with Gasteiger partial charge in [0, 0.05) is 60.7 Å². The number of nitrogens with two attached hydrogens (primary N) is 1. The molecule has 3 amide bonds. The molecule has 2 atom stereocenters. The zero-order chi connectivity index (χ0) is 44.3. The van der Waals surface area contributed by atoms with Crippen molar-refractivity contribution in [2.75, 3.05) is 38.4 Å². The second-order valence-electron chi connectivity index (χ2n) is 18.4. The lowest BCUT2D eigenvalue weighted by molar-refractivity contribution is -0.145. The molecular formula is C46H69N7O7. The standard InChI is InChI=1S/C46H69N7O7/c1-11-16-32(2)46(9,47)31-44(5,6)49-42(57)43(3,4)24-26-60-45(7,8)23-25-48-37(54)21-22-38(55)52-29-33-17-12-13-18-34(33)41-40(35-19-14-15-20-36(35)52)50-51-53(41)30-39(56)59-28-27-58-10/h12-15,17-20,32H,11,16,21-31,47H2,1-10H3,(H,48,54)(H,49,57). The lowest BCUT2D eigenvalue weighted by atomic mass is 9.76. The van der Waals surface area contributed by atoms with Gasteiger partial charge in [-0.05, 0) is 77.8 Å². The number of nitrogens with one attached hydrogen (secondary N) is 2. The van der Waals surface area contributed by atoms with Crippen LogP contribution in [0.5, 0.6) is 0 Å². The van der Waals surface area contributed by atoms with E-state index in [4.69, 9.17) is 19.9 Å². The van der Waals surface area contributed by atoms with Crippen LogP contribution >= 0.6 is 0 Å². The first-order valence-electron chi connectivity index (χ1n) is 21.3. The Kier molecular flexibility index (Phi) is 16.6. The van der Waals surface area contributed by atoms with Crippen molar-refractivity contribution < 1.29 is 33.4 Å². The molecule has 330 valence electrons. The van der Waals surface area contributed by atoms with Crippen LogP contribution in [-0.4, -0.2) is 88.8 Å². The first-order valence-corrected chi connectivity index (χ1v) is 21.3. The number of esters is 1. The summed E-state index contributed by atoms with van der Waals surface area (Å²) in [6, 6.07) is 15.1. The Balaban J connectivity index is 1.31. The van der Waals surface area contributed by atoms with Crippen molar-refractivity contribution in [3.05, 3.63) is 54.1 Å². The highest BCUT2D eigenvalue weighted by Gasteiger charge is 2.38. The Morgan fingerprint density at radius 1 is 0.900 bits per heavy atom. The molecule has 0 fully saturated rings. The lowest BCUT2D eigenvalue weighted by Gasteiger charge is -2.41. The number of benzene rings is 2. The third kappa shape index (κ3) is 13.2. The number of hydrogen-bond donors (Lipinski definition) is 3. The molecule has 3 aromatic rings. The van der Waals surface area contributed by atoms with Crippen LogP contribution in [0.2, 0.25) is 0 Å². The molecule has 60 heavy (non-hydrogen) atoms. The summed E-state index contributed by atoms with van der Waals surface area (Å²) in [5, 5.41) is 15.0. The van der Waals surface area contributed by atoms with Gasteiger partial charge in [-0.2, -0.15) is 0 Å². The van der Waals surface area contributed by atoms with E-state index in [2.05, 4.69) is 41.7 Å². The number of ether oxygens (including phenoxy) is 3. The monoisotopic (exact) mass is 832 g/mol. The van der Waals surface area contributed by atoms with E-state index in [9.17, 15) is 19.2 Å². The van der Waals surface area contributed by atoms with E-state index in [1.165, 1.54) is 11.8 Å². The second-order valence-corrected chi connectivity index (χ2v) is 18.4. The molecule has 1 aromatic heterocycles. The van der Waals surface area contributed by atoms with Crippen molar-refractivity contribution in [1.29, 1.82) is 0 Å². The maximum Gasteiger partial charge on any atom is 0.327 e. The zero-order valence-corrected chi connectivity index (χ0v) is 37.6. The molecule has 0 bridgehead atoms. The van der Waals surface area contributed by atoms with Crippen LogP contribution in [0.1, 0.15) is 113 Å². The highest BCUT2D eigenvalue weighted by Crippen LogP contribution is 2.41. The fourth-order valence-electron chi connectivity index (χ4n) is 7.68. The third-order valence-corrected chi connectivity index (χ3v) is 11.5. The van der Waals surface area contributed by atoms with Gasteiger partial charge >= 0.3 is 5.97 Å². The van der Waals surface area contributed by atoms with E-state index in [1.54, 1.807) is 4.90 Å². The average molecular weight is 832 g/mol. The number of carbonyl (C=O) groups is 4. The Bertz CT molecular complexity index is 1940. The van der Waals surface area contributed by atoms with E-state index in [0.29, 0.717) is 61.0 Å². The number of anilines is 1. The molecule has 0 saturated carbocycles. The highest BCUT2D eigenvalue weighted by atomic mass is 16.6. The molecule has 1 aliphatic heterocycles. The van der Waals surface area contributed by atoms with Crippen LogP contribution in [-0.2, 0) is 46.5 Å². The molecule has 14 heteroatoms. The lowest BCUT2D eigenvalue weighted by Crippen LogP contribution is -2.56. The number of carbonyl (C=O) groups excluding carboxylic acids is 4. The summed E-state index contributed by atoms with van der Waals surface area (Å²) in [7, 11) is 1.54. The smallest absolute Gasteiger partial charge is 0.327 e. The minimum atomic E-state index is -0.663. The quantitative estimate of drug-likeness (QED) is 0.0739. The summed E-state index contributed by atoms with van der Waals surface area (Å²) < 4.78 is 18.1. The molecule has 2 heterocycles. The van der Waals surface area contributed by atoms with Gasteiger partial charge in [0.15, 0.2) is 0 Å². The summed E-state index contributed by atoms with van der Waals surface area (Å²) in [4.78, 5) is 54.8. The number of para-hydroxylation sites is 1. The van der Waals surface area contributed by atoms with Gasteiger partial charge in [-0.25, -0.2) is 4.68 Å². The van der Waals surface area contributed by atoms with E-state index in [1.807, 2.05) is 90.1 Å². The fraction of sp³-hybridized carbons (Fsp3) is 0.609. The SMILES string of the molecule is CCCC(C)C(C)(N)CC(C)(C)NC(=O)C(C)(C)CCOC(C)(C)CCNC(=O)CCC(=O)N1Cc2ccccc2-c2c(nnn2CC(=O)OCCOC)-c2ccccc21. The summed E-state index contributed by atoms with van der Waals surface area (Å²) >= 11 is 0. The summed E-state index contributed by atoms with van der Waals surface area (Å²) in [5.41, 5.74) is 8.73. The summed E-state index contributed by atoms with van der Waals surface area (Å²) in [6.07, 6.45) is 3.83. The summed E-state index contributed by atoms with van der Waals surface area (Å²) in [6.45, 7) is 19.5. The van der Waals surface area contributed by atoms with Gasteiger partial charge in [-0.15, -0.1) is 5.10 Å². The number of aromatic nitrogens is 3. The molecule has 0 saturated heterocycles. The number of amides is 3. The first-order chi connectivity index (χ1) is 28.2. The van der Waals surface area contributed by atoms with Crippen LogP contribution in [0.3, 0.4) is 0 Å². The van der Waals surface area contributed by atoms with Crippen LogP contribution in [0.25, 0.3) is 22.5 Å². The van der Waals surface area contributed by atoms with Crippen LogP contribution < -0.4 is 21.3 Å². The predicted octanol–water partition coefficient (Wildman–Crippen LogP) is 6.58. The molecule has 0 spiro atoms. The fourth-order valence-corrected chi connectivity index (χ4v) is 7.68. The average Bonchev–Trinajstić information content (AvgIpc) is 3.57. The molecule has 2 aromatic carbocycles. The highest BCUT2D eigenvalue weighted by molar-refractivity contribution is 6.01. The van der Waals surface area contributed by atoms with Gasteiger partial charge in [0.05, 0.1) is 30.1 Å². The van der Waals surface area contributed by atoms with Crippen molar-refractivity contribution in [1.82, 2.24) is 25.6 Å². The summed E-state index contributed by atoms with van der Waals surface area (Å²) in [5.74, 6) is -0.625. The largest absolute Gasteiger partial charge is 0.462 e. The second kappa shape index (κ2) is 20.7. The predicted molar refractivity (Wildman–Crippen MR) is 234 cm³/mol. The molecule has 14 nitrogen and oxygen atoms in total. The van der Waals surface area contributed by atoms with Crippen molar-refractivity contribution in [2.24, 2.45) is 17.1 Å². The Morgan fingerprint density at radius 2 is 1.58 bits per heavy atom. The van der Waals surface area contributed by atoms with E-state index in [0.717, 1.165) is 24.0 Å². The van der Waals surface area contributed by atoms with Gasteiger partial charge in [0.1, 0.15) is 18.8 Å². The van der Waals surface area contributed by atoms with Crippen LogP contribution in [0.4, 0.5) is 5.69 Å². The molecule has 0 radical (unpaired) electrons. The number of fused-ring (bicyclic) bond motifs is 5. The van der Waals surface area contributed by atoms with Crippen LogP contribution in [0.15, 0.2) is 48.5 Å². The van der Waals surface area contributed by atoms with Gasteiger partial charge in [-0.1, -0.05) is 81.8 Å².